The van der Waals surface area contributed by atoms with Crippen LogP contribution in [0.5, 0.6) is 0 Å². The third-order valence-electron chi connectivity index (χ3n) is 4.59. The summed E-state index contributed by atoms with van der Waals surface area (Å²) in [5, 5.41) is 1.96. The highest BCUT2D eigenvalue weighted by molar-refractivity contribution is 7.12. The molecule has 0 spiro atoms. The third kappa shape index (κ3) is 3.51. The molecule has 0 aromatic carbocycles. The zero-order valence-electron chi connectivity index (χ0n) is 13.1. The van der Waals surface area contributed by atoms with Crippen molar-refractivity contribution in [3.8, 4) is 0 Å². The molecule has 0 bridgehead atoms. The maximum Gasteiger partial charge on any atom is 0.263 e. The molecule has 5 nitrogen and oxygen atoms in total. The van der Waals surface area contributed by atoms with Gasteiger partial charge in [-0.3, -0.25) is 9.69 Å². The average molecular weight is 324 g/mol. The molecule has 1 aromatic rings. The number of fused-ring (bicyclic) bond motifs is 1. The van der Waals surface area contributed by atoms with Crippen molar-refractivity contribution in [2.45, 2.75) is 25.0 Å². The summed E-state index contributed by atoms with van der Waals surface area (Å²) in [6, 6.07) is 4.25. The van der Waals surface area contributed by atoms with Crippen LogP contribution in [-0.2, 0) is 9.47 Å². The predicted molar refractivity (Wildman–Crippen MR) is 86.4 cm³/mol. The van der Waals surface area contributed by atoms with E-state index in [1.807, 2.05) is 22.4 Å². The van der Waals surface area contributed by atoms with Crippen molar-refractivity contribution in [2.24, 2.45) is 0 Å². The topological polar surface area (TPSA) is 42.0 Å². The van der Waals surface area contributed by atoms with Gasteiger partial charge >= 0.3 is 0 Å². The summed E-state index contributed by atoms with van der Waals surface area (Å²) in [6.45, 7) is 5.04. The molecule has 6 heteroatoms. The monoisotopic (exact) mass is 324 g/mol. The second-order valence-corrected chi connectivity index (χ2v) is 6.80. The molecule has 0 N–H and O–H groups in total. The Morgan fingerprint density at radius 1 is 1.41 bits per heavy atom. The molecule has 0 unspecified atom stereocenters. The second-order valence-electron chi connectivity index (χ2n) is 5.85. The average Bonchev–Trinajstić information content (AvgIpc) is 2.99. The molecule has 2 aliphatic rings. The standard InChI is InChI=1S/C16H24N2O3S/c1-20-10-8-17-9-11-21-14-5-7-18(6-4-13(14)17)16(19)15-3-2-12-22-15/h2-3,12-14H,4-11H2,1H3/t13-,14-/m1/s1. The molecule has 2 atom stereocenters. The van der Waals surface area contributed by atoms with E-state index in [-0.39, 0.29) is 12.0 Å². The van der Waals surface area contributed by atoms with Crippen LogP contribution in [0.2, 0.25) is 0 Å². The predicted octanol–water partition coefficient (Wildman–Crippen LogP) is 1.70. The van der Waals surface area contributed by atoms with Crippen LogP contribution in [-0.4, -0.2) is 74.4 Å². The van der Waals surface area contributed by atoms with E-state index in [1.54, 1.807) is 7.11 Å². The van der Waals surface area contributed by atoms with Gasteiger partial charge in [-0.15, -0.1) is 11.3 Å². The van der Waals surface area contributed by atoms with E-state index in [4.69, 9.17) is 9.47 Å². The van der Waals surface area contributed by atoms with Crippen molar-refractivity contribution in [1.29, 1.82) is 0 Å². The summed E-state index contributed by atoms with van der Waals surface area (Å²) in [5.74, 6) is 0.164. The maximum absolute atomic E-state index is 12.5. The molecular formula is C16H24N2O3S. The number of hydrogen-bond donors (Lipinski definition) is 0. The van der Waals surface area contributed by atoms with Crippen LogP contribution in [0.3, 0.4) is 0 Å². The zero-order valence-corrected chi connectivity index (χ0v) is 13.9. The van der Waals surface area contributed by atoms with E-state index in [0.717, 1.165) is 57.1 Å². The molecule has 1 amide bonds. The number of ether oxygens (including phenoxy) is 2. The first kappa shape index (κ1) is 15.9. The summed E-state index contributed by atoms with van der Waals surface area (Å²) in [4.78, 5) is 17.8. The third-order valence-corrected chi connectivity index (χ3v) is 5.45. The minimum atomic E-state index is 0.164. The van der Waals surface area contributed by atoms with E-state index >= 15 is 0 Å². The highest BCUT2D eigenvalue weighted by atomic mass is 32.1. The molecule has 122 valence electrons. The number of likely N-dealkylation sites (tertiary alicyclic amines) is 1. The van der Waals surface area contributed by atoms with Crippen LogP contribution in [0.25, 0.3) is 0 Å². The van der Waals surface area contributed by atoms with Gasteiger partial charge in [-0.25, -0.2) is 0 Å². The second kappa shape index (κ2) is 7.55. The quantitative estimate of drug-likeness (QED) is 0.845. The summed E-state index contributed by atoms with van der Waals surface area (Å²) in [5.41, 5.74) is 0. The van der Waals surface area contributed by atoms with Gasteiger partial charge in [-0.1, -0.05) is 6.07 Å². The van der Waals surface area contributed by atoms with Gasteiger partial charge in [0.05, 0.1) is 24.2 Å². The lowest BCUT2D eigenvalue weighted by molar-refractivity contribution is -0.0761. The number of morpholine rings is 1. The number of thiophene rings is 1. The van der Waals surface area contributed by atoms with Gasteiger partial charge in [0.2, 0.25) is 0 Å². The van der Waals surface area contributed by atoms with Crippen LogP contribution >= 0.6 is 11.3 Å². The molecule has 0 radical (unpaired) electrons. The van der Waals surface area contributed by atoms with E-state index in [0.29, 0.717) is 6.04 Å². The molecule has 3 rings (SSSR count). The van der Waals surface area contributed by atoms with E-state index in [2.05, 4.69) is 4.90 Å². The minimum Gasteiger partial charge on any atom is -0.383 e. The number of hydrogen-bond acceptors (Lipinski definition) is 5. The molecule has 0 aliphatic carbocycles. The molecule has 0 saturated carbocycles. The first-order valence-corrected chi connectivity index (χ1v) is 8.85. The lowest BCUT2D eigenvalue weighted by atomic mass is 10.0. The number of methoxy groups -OCH3 is 1. The van der Waals surface area contributed by atoms with E-state index in [1.165, 1.54) is 11.3 Å². The fourth-order valence-corrected chi connectivity index (χ4v) is 4.10. The van der Waals surface area contributed by atoms with Gasteiger partial charge in [0.1, 0.15) is 0 Å². The Labute approximate surface area is 135 Å². The van der Waals surface area contributed by atoms with Crippen LogP contribution in [0.15, 0.2) is 17.5 Å². The van der Waals surface area contributed by atoms with Gasteiger partial charge in [0, 0.05) is 39.3 Å². The smallest absolute Gasteiger partial charge is 0.263 e. The van der Waals surface area contributed by atoms with Gasteiger partial charge < -0.3 is 14.4 Å². The first-order chi connectivity index (χ1) is 10.8. The Kier molecular flexibility index (Phi) is 5.46. The number of carbonyl (C=O) groups is 1. The summed E-state index contributed by atoms with van der Waals surface area (Å²) in [7, 11) is 1.74. The van der Waals surface area contributed by atoms with Gasteiger partial charge in [-0.2, -0.15) is 0 Å². The van der Waals surface area contributed by atoms with Crippen molar-refractivity contribution in [2.75, 3.05) is 46.5 Å². The fourth-order valence-electron chi connectivity index (χ4n) is 3.41. The van der Waals surface area contributed by atoms with Gasteiger partial charge in [0.25, 0.3) is 5.91 Å². The van der Waals surface area contributed by atoms with Gasteiger partial charge in [0.15, 0.2) is 0 Å². The number of rotatable bonds is 4. The van der Waals surface area contributed by atoms with Crippen molar-refractivity contribution >= 4 is 17.2 Å². The van der Waals surface area contributed by atoms with Crippen LogP contribution in [0.4, 0.5) is 0 Å². The molecule has 1 aromatic heterocycles. The maximum atomic E-state index is 12.5. The molecular weight excluding hydrogens is 300 g/mol. The van der Waals surface area contributed by atoms with Gasteiger partial charge in [-0.05, 0) is 24.3 Å². The molecule has 3 heterocycles. The molecule has 22 heavy (non-hydrogen) atoms. The lowest BCUT2D eigenvalue weighted by Gasteiger charge is -2.40. The van der Waals surface area contributed by atoms with Crippen molar-refractivity contribution < 1.29 is 14.3 Å². The zero-order chi connectivity index (χ0) is 15.4. The Morgan fingerprint density at radius 3 is 3.05 bits per heavy atom. The highest BCUT2D eigenvalue weighted by Crippen LogP contribution is 2.25. The Bertz CT molecular complexity index is 480. The summed E-state index contributed by atoms with van der Waals surface area (Å²) in [6.07, 6.45) is 2.14. The van der Waals surface area contributed by atoms with Crippen LogP contribution in [0.1, 0.15) is 22.5 Å². The fraction of sp³-hybridized carbons (Fsp3) is 0.688. The Hall–Kier alpha value is -0.950. The Balaban J connectivity index is 1.64. The van der Waals surface area contributed by atoms with Crippen molar-refractivity contribution in [3.05, 3.63) is 22.4 Å². The highest BCUT2D eigenvalue weighted by Gasteiger charge is 2.35. The first-order valence-electron chi connectivity index (χ1n) is 7.97. The molecule has 2 fully saturated rings. The number of amides is 1. The largest absolute Gasteiger partial charge is 0.383 e. The molecule has 2 aliphatic heterocycles. The van der Waals surface area contributed by atoms with Crippen LogP contribution in [0, 0.1) is 0 Å². The Morgan fingerprint density at radius 2 is 2.27 bits per heavy atom. The van der Waals surface area contributed by atoms with E-state index in [9.17, 15) is 4.79 Å². The number of carbonyl (C=O) groups excluding carboxylic acids is 1. The summed E-state index contributed by atoms with van der Waals surface area (Å²) < 4.78 is 11.2. The van der Waals surface area contributed by atoms with E-state index < -0.39 is 0 Å². The lowest BCUT2D eigenvalue weighted by Crippen LogP contribution is -2.52. The number of nitrogens with zero attached hydrogens (tertiary/aromatic N) is 2. The van der Waals surface area contributed by atoms with Crippen molar-refractivity contribution in [3.63, 3.8) is 0 Å². The normalized spacial score (nSPS) is 26.5. The SMILES string of the molecule is COCCN1CCO[C@@H]2CCN(C(=O)c3cccs3)CC[C@H]21. The van der Waals surface area contributed by atoms with Crippen molar-refractivity contribution in [1.82, 2.24) is 9.80 Å². The van der Waals surface area contributed by atoms with Crippen LogP contribution < -0.4 is 0 Å². The minimum absolute atomic E-state index is 0.164. The molecule has 2 saturated heterocycles. The summed E-state index contributed by atoms with van der Waals surface area (Å²) >= 11 is 1.52.